The van der Waals surface area contributed by atoms with Gasteiger partial charge in [-0.2, -0.15) is 0 Å². The van der Waals surface area contributed by atoms with Crippen molar-refractivity contribution >= 4 is 17.6 Å². The van der Waals surface area contributed by atoms with E-state index in [1.807, 2.05) is 6.92 Å². The lowest BCUT2D eigenvalue weighted by molar-refractivity contribution is -0.385. The maximum Gasteiger partial charge on any atom is 0.345 e. The maximum absolute atomic E-state index is 12.1. The Morgan fingerprint density at radius 3 is 2.56 bits per heavy atom. The van der Waals surface area contributed by atoms with Gasteiger partial charge >= 0.3 is 5.97 Å². The Balaban J connectivity index is 2.00. The van der Waals surface area contributed by atoms with Crippen molar-refractivity contribution in [3.8, 4) is 11.5 Å². The number of unbranched alkanes of at least 4 members (excludes halogenated alkanes) is 2. The van der Waals surface area contributed by atoms with Gasteiger partial charge in [0, 0.05) is 12.6 Å². The van der Waals surface area contributed by atoms with Crippen LogP contribution in [0.2, 0.25) is 0 Å². The van der Waals surface area contributed by atoms with E-state index in [0.29, 0.717) is 6.54 Å². The lowest BCUT2D eigenvalue weighted by atomic mass is 10.1. The summed E-state index contributed by atoms with van der Waals surface area (Å²) in [6.45, 7) is 2.58. The van der Waals surface area contributed by atoms with Gasteiger partial charge in [0.1, 0.15) is 18.8 Å². The minimum atomic E-state index is -0.965. The van der Waals surface area contributed by atoms with Gasteiger partial charge < -0.3 is 19.5 Å². The number of hydrogen-bond donors (Lipinski definition) is 1. The first-order valence-electron chi connectivity index (χ1n) is 8.04. The van der Waals surface area contributed by atoms with Gasteiger partial charge in [-0.05, 0) is 6.42 Å². The predicted molar refractivity (Wildman–Crippen MR) is 86.9 cm³/mol. The Hall–Kier alpha value is -2.84. The van der Waals surface area contributed by atoms with Crippen LogP contribution < -0.4 is 14.8 Å². The van der Waals surface area contributed by atoms with E-state index in [4.69, 9.17) is 14.2 Å². The number of rotatable bonds is 8. The molecular weight excluding hydrogens is 332 g/mol. The summed E-state index contributed by atoms with van der Waals surface area (Å²) in [4.78, 5) is 34.2. The van der Waals surface area contributed by atoms with E-state index >= 15 is 0 Å². The van der Waals surface area contributed by atoms with Crippen molar-refractivity contribution in [2.45, 2.75) is 26.2 Å². The molecule has 0 aromatic heterocycles. The number of nitro benzene ring substituents is 1. The summed E-state index contributed by atoms with van der Waals surface area (Å²) in [5.41, 5.74) is -0.745. The zero-order chi connectivity index (χ0) is 18.2. The minimum absolute atomic E-state index is 0.197. The molecule has 1 N–H and O–H groups in total. The molecular formula is C16H20N2O7. The van der Waals surface area contributed by atoms with Gasteiger partial charge in [0.05, 0.1) is 11.0 Å². The van der Waals surface area contributed by atoms with E-state index in [1.54, 1.807) is 0 Å². The Bertz CT molecular complexity index is 660. The molecule has 2 rings (SSSR count). The van der Waals surface area contributed by atoms with Gasteiger partial charge in [-0.1, -0.05) is 19.8 Å². The van der Waals surface area contributed by atoms with Gasteiger partial charge in [-0.15, -0.1) is 0 Å². The van der Waals surface area contributed by atoms with E-state index in [0.717, 1.165) is 25.3 Å². The second kappa shape index (κ2) is 8.86. The molecule has 1 aliphatic rings. The van der Waals surface area contributed by atoms with Gasteiger partial charge in [0.25, 0.3) is 11.6 Å². The monoisotopic (exact) mass is 352 g/mol. The van der Waals surface area contributed by atoms with Crippen LogP contribution >= 0.6 is 0 Å². The third kappa shape index (κ3) is 5.07. The number of fused-ring (bicyclic) bond motifs is 1. The zero-order valence-electron chi connectivity index (χ0n) is 13.9. The molecule has 0 saturated heterocycles. The summed E-state index contributed by atoms with van der Waals surface area (Å²) < 4.78 is 15.5. The Kier molecular flexibility index (Phi) is 6.55. The van der Waals surface area contributed by atoms with Crippen molar-refractivity contribution in [2.24, 2.45) is 0 Å². The fourth-order valence-corrected chi connectivity index (χ4v) is 2.26. The number of nitro groups is 1. The number of hydrogen-bond acceptors (Lipinski definition) is 7. The number of nitrogens with zero attached hydrogens (tertiary/aromatic N) is 1. The number of amides is 1. The lowest BCUT2D eigenvalue weighted by Gasteiger charge is -2.18. The van der Waals surface area contributed by atoms with Crippen molar-refractivity contribution < 1.29 is 28.7 Å². The number of nitrogens with one attached hydrogen (secondary N) is 1. The molecule has 0 saturated carbocycles. The molecule has 9 nitrogen and oxygen atoms in total. The molecule has 25 heavy (non-hydrogen) atoms. The van der Waals surface area contributed by atoms with Crippen LogP contribution in [0, 0.1) is 10.1 Å². The third-order valence-corrected chi connectivity index (χ3v) is 3.51. The second-order valence-electron chi connectivity index (χ2n) is 5.40. The van der Waals surface area contributed by atoms with Crippen LogP contribution in [0.5, 0.6) is 11.5 Å². The fourth-order valence-electron chi connectivity index (χ4n) is 2.26. The van der Waals surface area contributed by atoms with Gasteiger partial charge in [0.2, 0.25) is 0 Å². The van der Waals surface area contributed by atoms with Gasteiger partial charge in [0.15, 0.2) is 18.1 Å². The first-order valence-corrected chi connectivity index (χ1v) is 8.04. The number of carbonyl (C=O) groups is 2. The number of benzene rings is 1. The highest BCUT2D eigenvalue weighted by atomic mass is 16.6. The predicted octanol–water partition coefficient (Wildman–Crippen LogP) is 1.83. The van der Waals surface area contributed by atoms with E-state index < -0.39 is 29.1 Å². The van der Waals surface area contributed by atoms with Crippen molar-refractivity contribution in [1.82, 2.24) is 5.32 Å². The first-order chi connectivity index (χ1) is 12.0. The summed E-state index contributed by atoms with van der Waals surface area (Å²) in [7, 11) is 0. The smallest absolute Gasteiger partial charge is 0.345 e. The van der Waals surface area contributed by atoms with Crippen molar-refractivity contribution in [3.05, 3.63) is 27.8 Å². The molecule has 1 aliphatic heterocycles. The van der Waals surface area contributed by atoms with Crippen LogP contribution in [-0.2, 0) is 9.53 Å². The van der Waals surface area contributed by atoms with Crippen molar-refractivity contribution in [2.75, 3.05) is 26.4 Å². The molecule has 0 atom stereocenters. The summed E-state index contributed by atoms with van der Waals surface area (Å²) >= 11 is 0. The summed E-state index contributed by atoms with van der Waals surface area (Å²) in [5, 5.41) is 13.8. The number of esters is 1. The summed E-state index contributed by atoms with van der Waals surface area (Å²) in [6, 6.07) is 2.32. The van der Waals surface area contributed by atoms with Crippen LogP contribution in [0.3, 0.4) is 0 Å². The molecule has 0 radical (unpaired) electrons. The van der Waals surface area contributed by atoms with Crippen LogP contribution in [0.1, 0.15) is 36.5 Å². The van der Waals surface area contributed by atoms with Crippen LogP contribution in [0.15, 0.2) is 12.1 Å². The van der Waals surface area contributed by atoms with Gasteiger partial charge in [-0.3, -0.25) is 14.9 Å². The quantitative estimate of drug-likeness (QED) is 0.328. The van der Waals surface area contributed by atoms with E-state index in [-0.39, 0.29) is 30.3 Å². The maximum atomic E-state index is 12.1. The Morgan fingerprint density at radius 1 is 1.24 bits per heavy atom. The van der Waals surface area contributed by atoms with Crippen LogP contribution in [-0.4, -0.2) is 43.2 Å². The number of carbonyl (C=O) groups excluding carboxylic acids is 2. The normalized spacial score (nSPS) is 12.4. The van der Waals surface area contributed by atoms with Gasteiger partial charge in [-0.25, -0.2) is 4.79 Å². The molecule has 1 heterocycles. The second-order valence-corrected chi connectivity index (χ2v) is 5.40. The van der Waals surface area contributed by atoms with Crippen LogP contribution in [0.4, 0.5) is 5.69 Å². The highest BCUT2D eigenvalue weighted by Crippen LogP contribution is 2.36. The van der Waals surface area contributed by atoms with E-state index in [9.17, 15) is 19.7 Å². The molecule has 0 spiro atoms. The number of ether oxygens (including phenoxy) is 3. The fraction of sp³-hybridized carbons (Fsp3) is 0.500. The summed E-state index contributed by atoms with van der Waals surface area (Å²) in [6.07, 6.45) is 2.85. The Labute approximate surface area is 144 Å². The SMILES string of the molecule is CCCCCNC(=O)COC(=O)c1cc2c(cc1[N+](=O)[O-])OCCO2. The largest absolute Gasteiger partial charge is 0.486 e. The molecule has 0 aliphatic carbocycles. The Morgan fingerprint density at radius 2 is 1.92 bits per heavy atom. The van der Waals surface area contributed by atoms with Crippen LogP contribution in [0.25, 0.3) is 0 Å². The molecule has 1 aromatic carbocycles. The third-order valence-electron chi connectivity index (χ3n) is 3.51. The lowest BCUT2D eigenvalue weighted by Crippen LogP contribution is -2.29. The highest BCUT2D eigenvalue weighted by molar-refractivity contribution is 5.96. The van der Waals surface area contributed by atoms with E-state index in [1.165, 1.54) is 6.07 Å². The molecule has 0 fully saturated rings. The first kappa shape index (κ1) is 18.5. The van der Waals surface area contributed by atoms with Crippen molar-refractivity contribution in [1.29, 1.82) is 0 Å². The molecule has 0 unspecified atom stereocenters. The standard InChI is InChI=1S/C16H20N2O7/c1-2-3-4-5-17-15(19)10-25-16(20)11-8-13-14(24-7-6-23-13)9-12(11)18(21)22/h8-9H,2-7,10H2,1H3,(H,17,19). The van der Waals surface area contributed by atoms with Crippen molar-refractivity contribution in [3.63, 3.8) is 0 Å². The highest BCUT2D eigenvalue weighted by Gasteiger charge is 2.27. The average molecular weight is 352 g/mol. The molecule has 1 aromatic rings. The summed E-state index contributed by atoms with van der Waals surface area (Å²) in [5.74, 6) is -0.993. The van der Waals surface area contributed by atoms with E-state index in [2.05, 4.69) is 5.32 Å². The molecule has 9 heteroatoms. The zero-order valence-corrected chi connectivity index (χ0v) is 13.9. The molecule has 1 amide bonds. The molecule has 136 valence electrons. The minimum Gasteiger partial charge on any atom is -0.486 e. The topological polar surface area (TPSA) is 117 Å². The average Bonchev–Trinajstić information content (AvgIpc) is 2.62. The molecule has 0 bridgehead atoms.